The van der Waals surface area contributed by atoms with Crippen molar-refractivity contribution in [1.29, 1.82) is 0 Å². The van der Waals surface area contributed by atoms with Gasteiger partial charge in [0.1, 0.15) is 5.69 Å². The van der Waals surface area contributed by atoms with Gasteiger partial charge in [0.2, 0.25) is 0 Å². The molecule has 104 valence electrons. The Morgan fingerprint density at radius 2 is 2.26 bits per heavy atom. The third-order valence-electron chi connectivity index (χ3n) is 3.45. The Morgan fingerprint density at radius 1 is 1.58 bits per heavy atom. The van der Waals surface area contributed by atoms with E-state index in [1.165, 1.54) is 13.2 Å². The van der Waals surface area contributed by atoms with Crippen LogP contribution in [0, 0.1) is 15.9 Å². The molecule has 1 saturated carbocycles. The van der Waals surface area contributed by atoms with Crippen LogP contribution in [-0.4, -0.2) is 24.1 Å². The van der Waals surface area contributed by atoms with Crippen LogP contribution in [-0.2, 0) is 0 Å². The predicted octanol–water partition coefficient (Wildman–Crippen LogP) is 2.04. The standard InChI is InChI=1S/C12H16FN3O3/c1-19-11-6-9(10(16(17)18)5-8(11)13)15-7-12(14)3-2-4-12/h5-6,15H,2-4,7,14H2,1H3. The molecule has 0 spiro atoms. The normalized spacial score (nSPS) is 16.6. The molecule has 7 heteroatoms. The number of hydrogen-bond acceptors (Lipinski definition) is 5. The van der Waals surface area contributed by atoms with Gasteiger partial charge >= 0.3 is 0 Å². The number of hydrogen-bond donors (Lipinski definition) is 2. The molecule has 0 amide bonds. The molecule has 0 saturated heterocycles. The maximum atomic E-state index is 13.5. The van der Waals surface area contributed by atoms with Gasteiger partial charge in [-0.2, -0.15) is 0 Å². The molecule has 0 atom stereocenters. The summed E-state index contributed by atoms with van der Waals surface area (Å²) < 4.78 is 18.3. The zero-order chi connectivity index (χ0) is 14.0. The minimum atomic E-state index is -0.758. The number of nitrogens with zero attached hydrogens (tertiary/aromatic N) is 1. The first-order valence-electron chi connectivity index (χ1n) is 6.00. The summed E-state index contributed by atoms with van der Waals surface area (Å²) in [6.07, 6.45) is 2.82. The van der Waals surface area contributed by atoms with Crippen LogP contribution < -0.4 is 15.8 Å². The Morgan fingerprint density at radius 3 is 2.74 bits per heavy atom. The third kappa shape index (κ3) is 2.76. The van der Waals surface area contributed by atoms with Crippen LogP contribution in [0.4, 0.5) is 15.8 Å². The molecule has 0 aliphatic heterocycles. The predicted molar refractivity (Wildman–Crippen MR) is 68.9 cm³/mol. The monoisotopic (exact) mass is 269 g/mol. The summed E-state index contributed by atoms with van der Waals surface area (Å²) in [5.41, 5.74) is 5.62. The second-order valence-electron chi connectivity index (χ2n) is 4.83. The van der Waals surface area contributed by atoms with E-state index >= 15 is 0 Å². The zero-order valence-electron chi connectivity index (χ0n) is 10.6. The number of nitro benzene ring substituents is 1. The van der Waals surface area contributed by atoms with Gasteiger partial charge in [0, 0.05) is 18.2 Å². The van der Waals surface area contributed by atoms with Crippen molar-refractivity contribution in [2.75, 3.05) is 19.0 Å². The molecule has 0 unspecified atom stereocenters. The number of halogens is 1. The van der Waals surface area contributed by atoms with Crippen molar-refractivity contribution in [2.45, 2.75) is 24.8 Å². The van der Waals surface area contributed by atoms with Crippen LogP contribution >= 0.6 is 0 Å². The molecule has 6 nitrogen and oxygen atoms in total. The van der Waals surface area contributed by atoms with E-state index in [0.29, 0.717) is 6.54 Å². The van der Waals surface area contributed by atoms with Gasteiger partial charge < -0.3 is 15.8 Å². The van der Waals surface area contributed by atoms with Crippen LogP contribution in [0.2, 0.25) is 0 Å². The smallest absolute Gasteiger partial charge is 0.295 e. The zero-order valence-corrected chi connectivity index (χ0v) is 10.6. The molecule has 1 aromatic carbocycles. The minimum Gasteiger partial charge on any atom is -0.494 e. The van der Waals surface area contributed by atoms with E-state index in [1.807, 2.05) is 0 Å². The summed E-state index contributed by atoms with van der Waals surface area (Å²) in [6.45, 7) is 0.419. The molecule has 1 aliphatic rings. The molecule has 2 rings (SSSR count). The lowest BCUT2D eigenvalue weighted by Gasteiger charge is -2.38. The number of benzene rings is 1. The fourth-order valence-corrected chi connectivity index (χ4v) is 2.07. The van der Waals surface area contributed by atoms with Gasteiger partial charge in [0.05, 0.1) is 18.1 Å². The number of nitro groups is 1. The fourth-order valence-electron chi connectivity index (χ4n) is 2.07. The second-order valence-corrected chi connectivity index (χ2v) is 4.83. The van der Waals surface area contributed by atoms with Crippen LogP contribution in [0.3, 0.4) is 0 Å². The van der Waals surface area contributed by atoms with Crippen molar-refractivity contribution in [2.24, 2.45) is 5.73 Å². The number of anilines is 1. The summed E-state index contributed by atoms with van der Waals surface area (Å²) >= 11 is 0. The molecule has 0 heterocycles. The van der Waals surface area contributed by atoms with E-state index in [4.69, 9.17) is 10.5 Å². The Hall–Kier alpha value is -1.89. The Bertz CT molecular complexity index is 503. The first kappa shape index (κ1) is 13.5. The van der Waals surface area contributed by atoms with Crippen molar-refractivity contribution >= 4 is 11.4 Å². The van der Waals surface area contributed by atoms with E-state index < -0.39 is 10.7 Å². The van der Waals surface area contributed by atoms with Gasteiger partial charge in [0.15, 0.2) is 11.6 Å². The van der Waals surface area contributed by atoms with E-state index in [1.54, 1.807) is 0 Å². The first-order chi connectivity index (χ1) is 8.95. The highest BCUT2D eigenvalue weighted by Gasteiger charge is 2.33. The molecule has 1 fully saturated rings. The average molecular weight is 269 g/mol. The number of nitrogens with two attached hydrogens (primary N) is 1. The molecular formula is C12H16FN3O3. The maximum absolute atomic E-state index is 13.5. The number of rotatable bonds is 5. The van der Waals surface area contributed by atoms with Crippen LogP contribution in [0.1, 0.15) is 19.3 Å². The highest BCUT2D eigenvalue weighted by Crippen LogP contribution is 2.34. The minimum absolute atomic E-state index is 0.0345. The van der Waals surface area contributed by atoms with Crippen molar-refractivity contribution in [3.63, 3.8) is 0 Å². The lowest BCUT2D eigenvalue weighted by Crippen LogP contribution is -2.52. The SMILES string of the molecule is COc1cc(NCC2(N)CCC2)c([N+](=O)[O-])cc1F. The highest BCUT2D eigenvalue weighted by molar-refractivity contribution is 5.64. The lowest BCUT2D eigenvalue weighted by atomic mass is 9.78. The van der Waals surface area contributed by atoms with E-state index in [2.05, 4.69) is 5.32 Å². The van der Waals surface area contributed by atoms with Gasteiger partial charge in [-0.1, -0.05) is 0 Å². The lowest BCUT2D eigenvalue weighted by molar-refractivity contribution is -0.384. The van der Waals surface area contributed by atoms with Crippen LogP contribution in [0.5, 0.6) is 5.75 Å². The van der Waals surface area contributed by atoms with E-state index in [0.717, 1.165) is 25.3 Å². The van der Waals surface area contributed by atoms with Gasteiger partial charge in [-0.05, 0) is 19.3 Å². The Kier molecular flexibility index (Phi) is 3.57. The van der Waals surface area contributed by atoms with Gasteiger partial charge in [-0.25, -0.2) is 4.39 Å². The van der Waals surface area contributed by atoms with Crippen LogP contribution in [0.25, 0.3) is 0 Å². The molecule has 0 aromatic heterocycles. The Labute approximate surface area is 109 Å². The van der Waals surface area contributed by atoms with E-state index in [9.17, 15) is 14.5 Å². The number of ether oxygens (including phenoxy) is 1. The summed E-state index contributed by atoms with van der Waals surface area (Å²) in [5, 5.41) is 13.8. The molecule has 1 aliphatic carbocycles. The van der Waals surface area contributed by atoms with Crippen molar-refractivity contribution in [3.8, 4) is 5.75 Å². The molecule has 0 bridgehead atoms. The summed E-state index contributed by atoms with van der Waals surface area (Å²) in [4.78, 5) is 10.3. The van der Waals surface area contributed by atoms with Crippen LogP contribution in [0.15, 0.2) is 12.1 Å². The van der Waals surface area contributed by atoms with Gasteiger partial charge in [-0.15, -0.1) is 0 Å². The second kappa shape index (κ2) is 5.00. The molecular weight excluding hydrogens is 253 g/mol. The summed E-state index contributed by atoms with van der Waals surface area (Å²) in [6, 6.07) is 2.14. The highest BCUT2D eigenvalue weighted by atomic mass is 19.1. The number of nitrogens with one attached hydrogen (secondary N) is 1. The largest absolute Gasteiger partial charge is 0.494 e. The molecule has 0 radical (unpaired) electrons. The van der Waals surface area contributed by atoms with Gasteiger partial charge in [0.25, 0.3) is 5.69 Å². The van der Waals surface area contributed by atoms with Crippen molar-refractivity contribution in [3.05, 3.63) is 28.1 Å². The molecule has 3 N–H and O–H groups in total. The molecule has 19 heavy (non-hydrogen) atoms. The van der Waals surface area contributed by atoms with Gasteiger partial charge in [-0.3, -0.25) is 10.1 Å². The number of methoxy groups -OCH3 is 1. The molecule has 1 aromatic rings. The first-order valence-corrected chi connectivity index (χ1v) is 6.00. The third-order valence-corrected chi connectivity index (χ3v) is 3.45. The van der Waals surface area contributed by atoms with E-state index in [-0.39, 0.29) is 22.7 Å². The quantitative estimate of drug-likeness (QED) is 0.630. The van der Waals surface area contributed by atoms with Crippen molar-refractivity contribution < 1.29 is 14.1 Å². The average Bonchev–Trinajstić information content (AvgIpc) is 2.34. The summed E-state index contributed by atoms with van der Waals surface area (Å²) in [7, 11) is 1.31. The fraction of sp³-hybridized carbons (Fsp3) is 0.500. The van der Waals surface area contributed by atoms with Crippen molar-refractivity contribution in [1.82, 2.24) is 0 Å². The maximum Gasteiger partial charge on any atom is 0.295 e. The Balaban J connectivity index is 2.23. The summed E-state index contributed by atoms with van der Waals surface area (Å²) in [5.74, 6) is -0.793. The topological polar surface area (TPSA) is 90.4 Å².